The monoisotopic (exact) mass is 687 g/mol. The topological polar surface area (TPSA) is 134 Å². The second-order valence-corrected chi connectivity index (χ2v) is 13.9. The highest BCUT2D eigenvalue weighted by molar-refractivity contribution is 7.47. The first-order valence-electron chi connectivity index (χ1n) is 18.8. The highest BCUT2D eigenvalue weighted by atomic mass is 31.2. The fourth-order valence-electron chi connectivity index (χ4n) is 5.02. The molecule has 0 rings (SSSR count). The molecule has 9 nitrogen and oxygen atoms in total. The molecule has 2 atom stereocenters. The van der Waals surface area contributed by atoms with Crippen molar-refractivity contribution in [1.29, 1.82) is 0 Å². The van der Waals surface area contributed by atoms with E-state index in [0.717, 1.165) is 38.5 Å². The van der Waals surface area contributed by atoms with Crippen molar-refractivity contribution in [3.05, 3.63) is 24.3 Å². The Labute approximate surface area is 287 Å². The number of ether oxygens (including phenoxy) is 2. The minimum absolute atomic E-state index is 0.0536. The van der Waals surface area contributed by atoms with Crippen molar-refractivity contribution in [3.8, 4) is 0 Å². The molecule has 0 radical (unpaired) electrons. The van der Waals surface area contributed by atoms with Gasteiger partial charge in [-0.2, -0.15) is 0 Å². The summed E-state index contributed by atoms with van der Waals surface area (Å²) in [5, 5.41) is 0. The summed E-state index contributed by atoms with van der Waals surface area (Å²) in [6.45, 7) is 3.52. The van der Waals surface area contributed by atoms with Gasteiger partial charge in [-0.1, -0.05) is 134 Å². The Morgan fingerprint density at radius 1 is 0.638 bits per heavy atom. The number of phosphoric ester groups is 1. The van der Waals surface area contributed by atoms with Gasteiger partial charge in [0.25, 0.3) is 0 Å². The van der Waals surface area contributed by atoms with Crippen LogP contribution in [0.15, 0.2) is 24.3 Å². The van der Waals surface area contributed by atoms with Gasteiger partial charge in [-0.15, -0.1) is 0 Å². The molecule has 0 saturated heterocycles. The van der Waals surface area contributed by atoms with E-state index in [2.05, 4.69) is 31.2 Å². The summed E-state index contributed by atoms with van der Waals surface area (Å²) < 4.78 is 32.3. The highest BCUT2D eigenvalue weighted by Crippen LogP contribution is 2.43. The zero-order valence-corrected chi connectivity index (χ0v) is 30.9. The van der Waals surface area contributed by atoms with E-state index in [1.54, 1.807) is 0 Å². The van der Waals surface area contributed by atoms with Gasteiger partial charge in [0.15, 0.2) is 6.10 Å². The predicted molar refractivity (Wildman–Crippen MR) is 192 cm³/mol. The molecule has 0 aromatic heterocycles. The van der Waals surface area contributed by atoms with Crippen LogP contribution in [-0.2, 0) is 32.7 Å². The van der Waals surface area contributed by atoms with Crippen LogP contribution in [0, 0.1) is 0 Å². The Balaban J connectivity index is 3.90. The molecule has 0 spiro atoms. The van der Waals surface area contributed by atoms with Crippen molar-refractivity contribution in [2.24, 2.45) is 5.73 Å². The first kappa shape index (κ1) is 45.5. The molecule has 0 fully saturated rings. The first-order valence-corrected chi connectivity index (χ1v) is 20.3. The summed E-state index contributed by atoms with van der Waals surface area (Å²) in [6.07, 6.45) is 34.5. The number of allylic oxidation sites excluding steroid dienone is 4. The Bertz CT molecular complexity index is 835. The van der Waals surface area contributed by atoms with Crippen molar-refractivity contribution < 1.29 is 37.6 Å². The van der Waals surface area contributed by atoms with Crippen molar-refractivity contribution in [3.63, 3.8) is 0 Å². The van der Waals surface area contributed by atoms with E-state index in [-0.39, 0.29) is 32.6 Å². The quantitative estimate of drug-likeness (QED) is 0.0289. The van der Waals surface area contributed by atoms with Crippen LogP contribution in [0.4, 0.5) is 0 Å². The summed E-state index contributed by atoms with van der Waals surface area (Å²) in [4.78, 5) is 34.2. The molecule has 0 aromatic carbocycles. The van der Waals surface area contributed by atoms with Gasteiger partial charge in [-0.3, -0.25) is 18.6 Å². The van der Waals surface area contributed by atoms with Crippen LogP contribution in [0.1, 0.15) is 168 Å². The van der Waals surface area contributed by atoms with Crippen molar-refractivity contribution in [2.45, 2.75) is 174 Å². The van der Waals surface area contributed by atoms with E-state index in [4.69, 9.17) is 24.3 Å². The predicted octanol–water partition coefficient (Wildman–Crippen LogP) is 10.0. The lowest BCUT2D eigenvalue weighted by Crippen LogP contribution is -2.29. The van der Waals surface area contributed by atoms with Gasteiger partial charge >= 0.3 is 19.8 Å². The van der Waals surface area contributed by atoms with E-state index in [0.29, 0.717) is 12.8 Å². The Morgan fingerprint density at radius 2 is 1.11 bits per heavy atom. The Morgan fingerprint density at radius 3 is 1.66 bits per heavy atom. The lowest BCUT2D eigenvalue weighted by Gasteiger charge is -2.19. The molecule has 2 unspecified atom stereocenters. The zero-order valence-electron chi connectivity index (χ0n) is 30.0. The standard InChI is InChI=1S/C37H70NO8P/c1-3-5-7-8-9-10-11-12-13-14-15-16-17-18-19-20-21-22-23-24-25-26-28-30-37(40)46-35(33-43-36(39)29-27-6-4-2)34-45-47(41,42)44-32-31-38/h11-12,14-15,35H,3-10,13,16-34,38H2,1-2H3,(H,41,42)/b12-11-,15-14-. The lowest BCUT2D eigenvalue weighted by atomic mass is 10.0. The normalized spacial score (nSPS) is 13.7. The molecular weight excluding hydrogens is 617 g/mol. The van der Waals surface area contributed by atoms with E-state index < -0.39 is 32.5 Å². The molecule has 0 aliphatic rings. The number of rotatable bonds is 35. The molecule has 10 heteroatoms. The number of hydrogen-bond donors (Lipinski definition) is 2. The molecular formula is C37H70NO8P. The maximum atomic E-state index is 12.4. The van der Waals surface area contributed by atoms with Crippen LogP contribution in [0.3, 0.4) is 0 Å². The maximum absolute atomic E-state index is 12.4. The molecule has 3 N–H and O–H groups in total. The van der Waals surface area contributed by atoms with Crippen LogP contribution in [0.25, 0.3) is 0 Å². The Hall–Kier alpha value is -1.51. The molecule has 0 aromatic rings. The second kappa shape index (κ2) is 34.4. The summed E-state index contributed by atoms with van der Waals surface area (Å²) in [6, 6.07) is 0. The van der Waals surface area contributed by atoms with E-state index >= 15 is 0 Å². The number of carbonyl (C=O) groups excluding carboxylic acids is 2. The number of esters is 2. The minimum Gasteiger partial charge on any atom is -0.462 e. The van der Waals surface area contributed by atoms with E-state index in [1.165, 1.54) is 89.9 Å². The van der Waals surface area contributed by atoms with Crippen LogP contribution >= 0.6 is 7.82 Å². The number of carbonyl (C=O) groups is 2. The SMILES string of the molecule is CCCCCCC/C=C\C/C=C\CCCCCCCCCCCCCC(=O)OC(COC(=O)CCCCC)COP(=O)(O)OCCN. The summed E-state index contributed by atoms with van der Waals surface area (Å²) >= 11 is 0. The average molecular weight is 688 g/mol. The van der Waals surface area contributed by atoms with Crippen LogP contribution in [0.2, 0.25) is 0 Å². The van der Waals surface area contributed by atoms with E-state index in [1.807, 2.05) is 6.92 Å². The Kier molecular flexibility index (Phi) is 33.3. The third kappa shape index (κ3) is 34.2. The molecule has 0 amide bonds. The van der Waals surface area contributed by atoms with Gasteiger partial charge in [-0.05, 0) is 44.9 Å². The largest absolute Gasteiger partial charge is 0.472 e. The zero-order chi connectivity index (χ0) is 34.7. The maximum Gasteiger partial charge on any atom is 0.472 e. The minimum atomic E-state index is -4.35. The number of phosphoric acid groups is 1. The molecule has 0 aliphatic heterocycles. The number of hydrogen-bond acceptors (Lipinski definition) is 8. The first-order chi connectivity index (χ1) is 22.8. The molecule has 0 aliphatic carbocycles. The van der Waals surface area contributed by atoms with Gasteiger partial charge in [0.2, 0.25) is 0 Å². The lowest BCUT2D eigenvalue weighted by molar-refractivity contribution is -0.161. The van der Waals surface area contributed by atoms with Crippen molar-refractivity contribution in [1.82, 2.24) is 0 Å². The van der Waals surface area contributed by atoms with Crippen LogP contribution in [0.5, 0.6) is 0 Å². The fraction of sp³-hybridized carbons (Fsp3) is 0.838. The van der Waals surface area contributed by atoms with Gasteiger partial charge in [0.1, 0.15) is 6.61 Å². The summed E-state index contributed by atoms with van der Waals surface area (Å²) in [7, 11) is -4.35. The van der Waals surface area contributed by atoms with Gasteiger partial charge in [0, 0.05) is 19.4 Å². The van der Waals surface area contributed by atoms with Gasteiger partial charge in [0.05, 0.1) is 13.2 Å². The molecule has 0 bridgehead atoms. The summed E-state index contributed by atoms with van der Waals surface area (Å²) in [5.74, 6) is -0.858. The van der Waals surface area contributed by atoms with Crippen molar-refractivity contribution >= 4 is 19.8 Å². The third-order valence-corrected chi connectivity index (χ3v) is 8.82. The number of nitrogens with two attached hydrogens (primary N) is 1. The summed E-state index contributed by atoms with van der Waals surface area (Å²) in [5.41, 5.74) is 5.30. The van der Waals surface area contributed by atoms with Gasteiger partial charge in [-0.25, -0.2) is 4.57 Å². The second-order valence-electron chi connectivity index (χ2n) is 12.4. The molecule has 0 heterocycles. The third-order valence-electron chi connectivity index (χ3n) is 7.84. The van der Waals surface area contributed by atoms with Crippen molar-refractivity contribution in [2.75, 3.05) is 26.4 Å². The molecule has 47 heavy (non-hydrogen) atoms. The van der Waals surface area contributed by atoms with Crippen LogP contribution in [-0.4, -0.2) is 49.3 Å². The average Bonchev–Trinajstić information content (AvgIpc) is 3.05. The smallest absolute Gasteiger partial charge is 0.462 e. The fourth-order valence-corrected chi connectivity index (χ4v) is 5.78. The van der Waals surface area contributed by atoms with Crippen LogP contribution < -0.4 is 5.73 Å². The molecule has 0 saturated carbocycles. The molecule has 276 valence electrons. The van der Waals surface area contributed by atoms with Gasteiger partial charge < -0.3 is 20.1 Å². The number of unbranched alkanes of at least 4 members (excludes halogenated alkanes) is 18. The van der Waals surface area contributed by atoms with E-state index in [9.17, 15) is 19.0 Å². The highest BCUT2D eigenvalue weighted by Gasteiger charge is 2.25.